The van der Waals surface area contributed by atoms with Crippen LogP contribution in [0.1, 0.15) is 26.3 Å². The fraction of sp³-hybridized carbons (Fsp3) is 0.300. The lowest BCUT2D eigenvalue weighted by Gasteiger charge is -2.21. The number of rotatable bonds is 3. The lowest BCUT2D eigenvalue weighted by Crippen LogP contribution is -2.14. The van der Waals surface area contributed by atoms with Gasteiger partial charge in [-0.2, -0.15) is 0 Å². The molecule has 3 heteroatoms. The Morgan fingerprint density at radius 3 is 2.22 bits per heavy atom. The van der Waals surface area contributed by atoms with Crippen molar-refractivity contribution in [2.24, 2.45) is 0 Å². The number of nitrogens with one attached hydrogen (secondary N) is 1. The van der Waals surface area contributed by atoms with Crippen LogP contribution in [0.2, 0.25) is 13.1 Å². The minimum Gasteiger partial charge on any atom is -0.541 e. The van der Waals surface area contributed by atoms with Crippen LogP contribution >= 0.6 is 0 Å². The Bertz CT molecular complexity index is 813. The summed E-state index contributed by atoms with van der Waals surface area (Å²) < 4.78 is 6.36. The van der Waals surface area contributed by atoms with Crippen molar-refractivity contribution >= 4 is 19.9 Å². The summed E-state index contributed by atoms with van der Waals surface area (Å²) >= 11 is 0. The molecule has 0 fully saturated rings. The van der Waals surface area contributed by atoms with Gasteiger partial charge in [-0.05, 0) is 30.1 Å². The van der Waals surface area contributed by atoms with Crippen LogP contribution in [0.3, 0.4) is 0 Å². The van der Waals surface area contributed by atoms with E-state index in [2.05, 4.69) is 81.3 Å². The van der Waals surface area contributed by atoms with E-state index in [9.17, 15) is 0 Å². The summed E-state index contributed by atoms with van der Waals surface area (Å²) in [6.45, 7) is 11.1. The summed E-state index contributed by atoms with van der Waals surface area (Å²) in [6, 6.07) is 16.9. The average Bonchev–Trinajstić information content (AvgIpc) is 2.85. The minimum absolute atomic E-state index is 0.0716. The third-order valence-corrected chi connectivity index (χ3v) is 4.57. The van der Waals surface area contributed by atoms with Crippen molar-refractivity contribution in [1.29, 1.82) is 0 Å². The predicted octanol–water partition coefficient (Wildman–Crippen LogP) is 5.76. The highest BCUT2D eigenvalue weighted by Crippen LogP contribution is 2.42. The molecule has 0 aliphatic heterocycles. The molecule has 0 saturated heterocycles. The first kappa shape index (κ1) is 15.9. The van der Waals surface area contributed by atoms with Crippen molar-refractivity contribution in [2.45, 2.75) is 39.3 Å². The second-order valence-electron chi connectivity index (χ2n) is 7.18. The van der Waals surface area contributed by atoms with E-state index in [1.807, 2.05) is 6.07 Å². The van der Waals surface area contributed by atoms with Crippen molar-refractivity contribution in [3.8, 4) is 17.0 Å². The number of aromatic nitrogens is 1. The summed E-state index contributed by atoms with van der Waals surface area (Å²) in [5.41, 5.74) is 4.80. The summed E-state index contributed by atoms with van der Waals surface area (Å²) in [5, 5.41) is 1.23. The molecule has 3 aromatic rings. The van der Waals surface area contributed by atoms with Gasteiger partial charge in [0, 0.05) is 16.5 Å². The Hall–Kier alpha value is -2.00. The van der Waals surface area contributed by atoms with E-state index in [-0.39, 0.29) is 5.41 Å². The Labute approximate surface area is 140 Å². The topological polar surface area (TPSA) is 25.0 Å². The largest absolute Gasteiger partial charge is 0.541 e. The van der Waals surface area contributed by atoms with Gasteiger partial charge >= 0.3 is 0 Å². The lowest BCUT2D eigenvalue weighted by molar-refractivity contribution is 0.576. The highest BCUT2D eigenvalue weighted by atomic mass is 28.3. The molecular weight excluding hydrogens is 298 g/mol. The number of hydrogen-bond donors (Lipinski definition) is 1. The van der Waals surface area contributed by atoms with Crippen LogP contribution < -0.4 is 4.43 Å². The van der Waals surface area contributed by atoms with Crippen LogP contribution in [0.15, 0.2) is 48.5 Å². The molecule has 0 atom stereocenters. The van der Waals surface area contributed by atoms with Crippen LogP contribution in [-0.2, 0) is 5.41 Å². The molecule has 0 unspecified atom stereocenters. The van der Waals surface area contributed by atoms with Gasteiger partial charge in [0.15, 0.2) is 0 Å². The second kappa shape index (κ2) is 5.89. The lowest BCUT2D eigenvalue weighted by atomic mass is 9.84. The summed E-state index contributed by atoms with van der Waals surface area (Å²) in [7, 11) is -0.858. The van der Waals surface area contributed by atoms with Crippen molar-refractivity contribution in [1.82, 2.24) is 4.98 Å². The zero-order chi connectivity index (χ0) is 16.6. The molecular formula is C20H24NOSi. The Morgan fingerprint density at radius 2 is 1.61 bits per heavy atom. The summed E-state index contributed by atoms with van der Waals surface area (Å²) in [4.78, 5) is 3.59. The van der Waals surface area contributed by atoms with E-state index < -0.39 is 9.04 Å². The molecule has 0 bridgehead atoms. The molecule has 1 aromatic heterocycles. The van der Waals surface area contributed by atoms with E-state index in [1.165, 1.54) is 16.5 Å². The van der Waals surface area contributed by atoms with Gasteiger partial charge in [0.05, 0.1) is 5.69 Å². The Balaban J connectivity index is 2.34. The second-order valence-corrected chi connectivity index (χ2v) is 9.20. The van der Waals surface area contributed by atoms with Crippen molar-refractivity contribution in [2.75, 3.05) is 0 Å². The Morgan fingerprint density at radius 1 is 0.913 bits per heavy atom. The average molecular weight is 323 g/mol. The van der Waals surface area contributed by atoms with Gasteiger partial charge in [0.1, 0.15) is 5.75 Å². The SMILES string of the molecule is C[Si](C)Oc1c(-c2ccccc2)[nH]c2cccc(C(C)(C)C)c12. The maximum Gasteiger partial charge on any atom is 0.274 e. The van der Waals surface area contributed by atoms with Crippen LogP contribution in [0.4, 0.5) is 0 Å². The summed E-state index contributed by atoms with van der Waals surface area (Å²) in [5.74, 6) is 1.01. The van der Waals surface area contributed by atoms with E-state index in [0.29, 0.717) is 0 Å². The predicted molar refractivity (Wildman–Crippen MR) is 101 cm³/mol. The molecule has 1 N–H and O–H groups in total. The first-order valence-electron chi connectivity index (χ1n) is 8.06. The molecule has 119 valence electrons. The van der Waals surface area contributed by atoms with Crippen molar-refractivity contribution in [3.05, 3.63) is 54.1 Å². The van der Waals surface area contributed by atoms with Crippen molar-refractivity contribution < 1.29 is 4.43 Å². The van der Waals surface area contributed by atoms with Crippen LogP contribution in [0.25, 0.3) is 22.2 Å². The van der Waals surface area contributed by atoms with Crippen LogP contribution in [-0.4, -0.2) is 14.0 Å². The van der Waals surface area contributed by atoms with Gasteiger partial charge in [-0.3, -0.25) is 0 Å². The number of aromatic amines is 1. The third-order valence-electron chi connectivity index (χ3n) is 3.95. The number of hydrogen-bond acceptors (Lipinski definition) is 1. The van der Waals surface area contributed by atoms with Gasteiger partial charge in [-0.25, -0.2) is 0 Å². The van der Waals surface area contributed by atoms with Gasteiger partial charge < -0.3 is 9.41 Å². The highest BCUT2D eigenvalue weighted by molar-refractivity contribution is 6.49. The number of benzene rings is 2. The van der Waals surface area contributed by atoms with E-state index >= 15 is 0 Å². The fourth-order valence-corrected chi connectivity index (χ4v) is 3.57. The zero-order valence-electron chi connectivity index (χ0n) is 14.5. The van der Waals surface area contributed by atoms with Gasteiger partial charge in [0.2, 0.25) is 0 Å². The van der Waals surface area contributed by atoms with Gasteiger partial charge in [0.25, 0.3) is 9.04 Å². The molecule has 0 aliphatic rings. The van der Waals surface area contributed by atoms with Crippen molar-refractivity contribution in [3.63, 3.8) is 0 Å². The maximum atomic E-state index is 6.36. The summed E-state index contributed by atoms with van der Waals surface area (Å²) in [6.07, 6.45) is 0. The van der Waals surface area contributed by atoms with Gasteiger partial charge in [-0.1, -0.05) is 63.2 Å². The molecule has 1 heterocycles. The molecule has 0 amide bonds. The molecule has 2 nitrogen and oxygen atoms in total. The number of H-pyrrole nitrogens is 1. The maximum absolute atomic E-state index is 6.36. The first-order valence-corrected chi connectivity index (χ1v) is 10.5. The standard InChI is InChI=1S/C20H24NOSi/c1-20(2,3)15-12-9-13-16-17(15)19(22-23(4)5)18(21-16)14-10-7-6-8-11-14/h6-13,21H,1-5H3. The zero-order valence-corrected chi connectivity index (χ0v) is 15.5. The van der Waals surface area contributed by atoms with E-state index in [0.717, 1.165) is 17.0 Å². The van der Waals surface area contributed by atoms with Crippen LogP contribution in [0, 0.1) is 0 Å². The normalized spacial score (nSPS) is 12.1. The quantitative estimate of drug-likeness (QED) is 0.609. The molecule has 1 radical (unpaired) electrons. The molecule has 0 spiro atoms. The van der Waals surface area contributed by atoms with Crippen LogP contribution in [0.5, 0.6) is 5.75 Å². The minimum atomic E-state index is -0.858. The molecule has 2 aromatic carbocycles. The number of fused-ring (bicyclic) bond motifs is 1. The smallest absolute Gasteiger partial charge is 0.274 e. The molecule has 0 saturated carbocycles. The highest BCUT2D eigenvalue weighted by Gasteiger charge is 2.24. The molecule has 23 heavy (non-hydrogen) atoms. The van der Waals surface area contributed by atoms with Gasteiger partial charge in [-0.15, -0.1) is 0 Å². The first-order chi connectivity index (χ1) is 10.9. The molecule has 3 rings (SSSR count). The molecule has 0 aliphatic carbocycles. The third kappa shape index (κ3) is 3.06. The monoisotopic (exact) mass is 322 g/mol. The van der Waals surface area contributed by atoms with E-state index in [1.54, 1.807) is 0 Å². The Kier molecular flexibility index (Phi) is 4.07. The fourth-order valence-electron chi connectivity index (χ4n) is 2.96. The van der Waals surface area contributed by atoms with E-state index in [4.69, 9.17) is 4.43 Å².